The molecule has 0 bridgehead atoms. The van der Waals surface area contributed by atoms with Crippen molar-refractivity contribution in [1.82, 2.24) is 9.88 Å². The zero-order valence-electron chi connectivity index (χ0n) is 12.2. The van der Waals surface area contributed by atoms with Crippen LogP contribution in [-0.4, -0.2) is 34.0 Å². The van der Waals surface area contributed by atoms with Gasteiger partial charge in [0.15, 0.2) is 0 Å². The summed E-state index contributed by atoms with van der Waals surface area (Å²) in [4.78, 5) is 17.6. The van der Waals surface area contributed by atoms with Crippen LogP contribution in [0.4, 0.5) is 0 Å². The quantitative estimate of drug-likeness (QED) is 0.846. The topological polar surface area (TPSA) is 56.3 Å². The molecule has 110 valence electrons. The Labute approximate surface area is 123 Å². The number of hydrogen-bond acceptors (Lipinski definition) is 2. The van der Waals surface area contributed by atoms with Crippen molar-refractivity contribution in [3.8, 4) is 0 Å². The average molecular weight is 284 g/mol. The second kappa shape index (κ2) is 4.60. The SMILES string of the molecule is CC1CN2CCC[C@H](C(=O)O)C2c2[nH]c3ccccc3c21. The number of aromatic amines is 1. The van der Waals surface area contributed by atoms with Crippen LogP contribution in [0.15, 0.2) is 24.3 Å². The monoisotopic (exact) mass is 284 g/mol. The van der Waals surface area contributed by atoms with E-state index in [0.717, 1.165) is 37.1 Å². The van der Waals surface area contributed by atoms with Gasteiger partial charge in [-0.15, -0.1) is 0 Å². The molecule has 2 aromatic rings. The van der Waals surface area contributed by atoms with Crippen molar-refractivity contribution in [1.29, 1.82) is 0 Å². The highest BCUT2D eigenvalue weighted by atomic mass is 16.4. The Kier molecular flexibility index (Phi) is 2.82. The summed E-state index contributed by atoms with van der Waals surface area (Å²) in [5, 5.41) is 10.9. The minimum atomic E-state index is -0.663. The van der Waals surface area contributed by atoms with Gasteiger partial charge in [0.05, 0.1) is 12.0 Å². The molecule has 3 atom stereocenters. The molecule has 0 amide bonds. The molecule has 2 aliphatic rings. The lowest BCUT2D eigenvalue weighted by atomic mass is 9.79. The number of aromatic nitrogens is 1. The molecular formula is C17H20N2O2. The van der Waals surface area contributed by atoms with Gasteiger partial charge in [-0.1, -0.05) is 25.1 Å². The van der Waals surface area contributed by atoms with Gasteiger partial charge in [0, 0.05) is 23.1 Å². The maximum Gasteiger partial charge on any atom is 0.308 e. The highest BCUT2D eigenvalue weighted by Crippen LogP contribution is 2.46. The summed E-state index contributed by atoms with van der Waals surface area (Å²) < 4.78 is 0. The van der Waals surface area contributed by atoms with E-state index in [9.17, 15) is 9.90 Å². The normalized spacial score (nSPS) is 29.1. The Hall–Kier alpha value is -1.81. The predicted molar refractivity (Wildman–Crippen MR) is 81.4 cm³/mol. The van der Waals surface area contributed by atoms with Crippen molar-refractivity contribution in [2.75, 3.05) is 13.1 Å². The number of benzene rings is 1. The Balaban J connectivity index is 1.92. The van der Waals surface area contributed by atoms with Gasteiger partial charge in [0.25, 0.3) is 0 Å². The van der Waals surface area contributed by atoms with E-state index in [0.29, 0.717) is 5.92 Å². The number of nitrogens with zero attached hydrogens (tertiary/aromatic N) is 1. The largest absolute Gasteiger partial charge is 0.481 e. The molecule has 1 saturated heterocycles. The molecule has 0 spiro atoms. The summed E-state index contributed by atoms with van der Waals surface area (Å²) in [6, 6.07) is 8.33. The van der Waals surface area contributed by atoms with Crippen LogP contribution in [0, 0.1) is 5.92 Å². The van der Waals surface area contributed by atoms with Gasteiger partial charge < -0.3 is 10.1 Å². The Bertz CT molecular complexity index is 706. The van der Waals surface area contributed by atoms with E-state index < -0.39 is 5.97 Å². The number of carboxylic acid groups (broad SMARTS) is 1. The number of para-hydroxylation sites is 1. The van der Waals surface area contributed by atoms with Crippen molar-refractivity contribution in [2.24, 2.45) is 5.92 Å². The van der Waals surface area contributed by atoms with Gasteiger partial charge in [-0.3, -0.25) is 9.69 Å². The van der Waals surface area contributed by atoms with E-state index in [1.54, 1.807) is 0 Å². The molecule has 2 N–H and O–H groups in total. The highest BCUT2D eigenvalue weighted by Gasteiger charge is 2.43. The minimum absolute atomic E-state index is 0.00912. The van der Waals surface area contributed by atoms with Gasteiger partial charge >= 0.3 is 5.97 Å². The summed E-state index contributed by atoms with van der Waals surface area (Å²) in [6.07, 6.45) is 1.76. The second-order valence-electron chi connectivity index (χ2n) is 6.43. The number of fused-ring (bicyclic) bond motifs is 5. The fourth-order valence-electron chi connectivity index (χ4n) is 4.30. The van der Waals surface area contributed by atoms with E-state index in [1.807, 2.05) is 6.07 Å². The van der Waals surface area contributed by atoms with Crippen molar-refractivity contribution in [3.63, 3.8) is 0 Å². The van der Waals surface area contributed by atoms with Gasteiger partial charge in [0.1, 0.15) is 0 Å². The first kappa shape index (κ1) is 12.9. The van der Waals surface area contributed by atoms with Crippen LogP contribution in [0.1, 0.15) is 43.0 Å². The van der Waals surface area contributed by atoms with Crippen LogP contribution in [0.3, 0.4) is 0 Å². The maximum atomic E-state index is 11.7. The van der Waals surface area contributed by atoms with Crippen molar-refractivity contribution < 1.29 is 9.90 Å². The fraction of sp³-hybridized carbons (Fsp3) is 0.471. The lowest BCUT2D eigenvalue weighted by molar-refractivity contribution is -0.146. The third-order valence-corrected chi connectivity index (χ3v) is 5.13. The molecule has 2 aliphatic heterocycles. The molecule has 3 heterocycles. The summed E-state index contributed by atoms with van der Waals surface area (Å²) >= 11 is 0. The number of hydrogen-bond donors (Lipinski definition) is 2. The average Bonchev–Trinajstić information content (AvgIpc) is 2.86. The number of piperidine rings is 1. The first-order chi connectivity index (χ1) is 10.2. The Morgan fingerprint density at radius 3 is 3.00 bits per heavy atom. The van der Waals surface area contributed by atoms with Crippen LogP contribution in [-0.2, 0) is 4.79 Å². The number of carboxylic acids is 1. The van der Waals surface area contributed by atoms with E-state index in [2.05, 4.69) is 35.0 Å². The summed E-state index contributed by atoms with van der Waals surface area (Å²) in [7, 11) is 0. The first-order valence-corrected chi connectivity index (χ1v) is 7.74. The highest BCUT2D eigenvalue weighted by molar-refractivity contribution is 5.86. The van der Waals surface area contributed by atoms with Gasteiger partial charge in [-0.25, -0.2) is 0 Å². The molecule has 4 nitrogen and oxygen atoms in total. The molecule has 1 aromatic heterocycles. The Morgan fingerprint density at radius 1 is 1.38 bits per heavy atom. The lowest BCUT2D eigenvalue weighted by Gasteiger charge is -2.44. The second-order valence-corrected chi connectivity index (χ2v) is 6.43. The zero-order chi connectivity index (χ0) is 14.6. The molecular weight excluding hydrogens is 264 g/mol. The van der Waals surface area contributed by atoms with E-state index in [4.69, 9.17) is 0 Å². The van der Waals surface area contributed by atoms with Crippen molar-refractivity contribution >= 4 is 16.9 Å². The number of carbonyl (C=O) groups is 1. The standard InChI is InChI=1S/C17H20N2O2/c1-10-9-19-8-4-6-12(17(20)21)16(19)15-14(10)11-5-2-3-7-13(11)18-15/h2-3,5,7,10,12,16,18H,4,6,8-9H2,1H3,(H,20,21)/t10?,12-,16?/m0/s1. The fourth-order valence-corrected chi connectivity index (χ4v) is 4.30. The van der Waals surface area contributed by atoms with Gasteiger partial charge in [-0.2, -0.15) is 0 Å². The molecule has 21 heavy (non-hydrogen) atoms. The molecule has 0 saturated carbocycles. The van der Waals surface area contributed by atoms with Crippen LogP contribution >= 0.6 is 0 Å². The minimum Gasteiger partial charge on any atom is -0.481 e. The molecule has 4 heteroatoms. The molecule has 0 aliphatic carbocycles. The summed E-state index contributed by atoms with van der Waals surface area (Å²) in [5.41, 5.74) is 3.60. The first-order valence-electron chi connectivity index (χ1n) is 7.74. The maximum absolute atomic E-state index is 11.7. The third kappa shape index (κ3) is 1.82. The molecule has 1 aromatic carbocycles. The number of rotatable bonds is 1. The summed E-state index contributed by atoms with van der Waals surface area (Å²) in [5.74, 6) is -0.512. The summed E-state index contributed by atoms with van der Waals surface area (Å²) in [6.45, 7) is 4.22. The van der Waals surface area contributed by atoms with Crippen LogP contribution < -0.4 is 0 Å². The van der Waals surface area contributed by atoms with Crippen LogP contribution in [0.25, 0.3) is 10.9 Å². The number of H-pyrrole nitrogens is 1. The molecule has 1 fully saturated rings. The van der Waals surface area contributed by atoms with Gasteiger partial charge in [-0.05, 0) is 36.9 Å². The zero-order valence-corrected chi connectivity index (χ0v) is 12.2. The number of aliphatic carboxylic acids is 1. The van der Waals surface area contributed by atoms with Crippen LogP contribution in [0.5, 0.6) is 0 Å². The smallest absolute Gasteiger partial charge is 0.308 e. The van der Waals surface area contributed by atoms with Gasteiger partial charge in [0.2, 0.25) is 0 Å². The molecule has 4 rings (SSSR count). The third-order valence-electron chi connectivity index (χ3n) is 5.13. The van der Waals surface area contributed by atoms with E-state index >= 15 is 0 Å². The van der Waals surface area contributed by atoms with E-state index in [-0.39, 0.29) is 12.0 Å². The number of nitrogens with one attached hydrogen (secondary N) is 1. The predicted octanol–water partition coefficient (Wildman–Crippen LogP) is 3.12. The van der Waals surface area contributed by atoms with E-state index in [1.165, 1.54) is 10.9 Å². The molecule has 2 unspecified atom stereocenters. The van der Waals surface area contributed by atoms with Crippen LogP contribution in [0.2, 0.25) is 0 Å². The lowest BCUT2D eigenvalue weighted by Crippen LogP contribution is -2.46. The van der Waals surface area contributed by atoms with Crippen molar-refractivity contribution in [2.45, 2.75) is 31.7 Å². The molecule has 0 radical (unpaired) electrons. The van der Waals surface area contributed by atoms with Crippen molar-refractivity contribution in [3.05, 3.63) is 35.5 Å². The Morgan fingerprint density at radius 2 is 2.19 bits per heavy atom.